The number of pyridine rings is 1. The largest absolute Gasteiger partial charge is 0.420 e. The molecule has 1 atom stereocenters. The monoisotopic (exact) mass is 327 g/mol. The van der Waals surface area contributed by atoms with Gasteiger partial charge in [0.1, 0.15) is 5.56 Å². The molecule has 0 saturated carbocycles. The minimum absolute atomic E-state index is 0.0790. The molecule has 0 aromatic carbocycles. The molecule has 2 aromatic rings. The highest BCUT2D eigenvalue weighted by Crippen LogP contribution is 2.32. The normalized spacial score (nSPS) is 13.2. The van der Waals surface area contributed by atoms with E-state index in [1.165, 1.54) is 24.5 Å². The Labute approximate surface area is 130 Å². The van der Waals surface area contributed by atoms with E-state index in [1.54, 1.807) is 13.8 Å². The van der Waals surface area contributed by atoms with E-state index in [9.17, 15) is 18.0 Å². The van der Waals surface area contributed by atoms with Crippen molar-refractivity contribution in [3.63, 3.8) is 0 Å². The van der Waals surface area contributed by atoms with Crippen LogP contribution >= 0.6 is 0 Å². The second kappa shape index (κ2) is 6.37. The highest BCUT2D eigenvalue weighted by Gasteiger charge is 2.34. The van der Waals surface area contributed by atoms with Crippen LogP contribution in [0.3, 0.4) is 0 Å². The van der Waals surface area contributed by atoms with E-state index >= 15 is 0 Å². The lowest BCUT2D eigenvalue weighted by Crippen LogP contribution is -2.39. The summed E-state index contributed by atoms with van der Waals surface area (Å²) in [7, 11) is 0. The van der Waals surface area contributed by atoms with Crippen molar-refractivity contribution in [2.75, 3.05) is 5.32 Å². The van der Waals surface area contributed by atoms with Gasteiger partial charge in [0.2, 0.25) is 5.91 Å². The van der Waals surface area contributed by atoms with Crippen molar-refractivity contribution < 1.29 is 18.0 Å². The van der Waals surface area contributed by atoms with E-state index < -0.39 is 23.7 Å². The number of hydrogen-bond acceptors (Lipinski definition) is 4. The second-order valence-corrected chi connectivity index (χ2v) is 5.28. The number of rotatable bonds is 4. The van der Waals surface area contributed by atoms with Gasteiger partial charge < -0.3 is 11.1 Å². The lowest BCUT2D eigenvalue weighted by Gasteiger charge is -2.14. The first-order valence-electron chi connectivity index (χ1n) is 6.85. The quantitative estimate of drug-likeness (QED) is 0.901. The number of carbonyl (C=O) groups excluding carboxylic acids is 1. The molecule has 0 unspecified atom stereocenters. The van der Waals surface area contributed by atoms with E-state index in [0.29, 0.717) is 0 Å². The van der Waals surface area contributed by atoms with Gasteiger partial charge in [-0.05, 0) is 18.1 Å². The summed E-state index contributed by atoms with van der Waals surface area (Å²) in [4.78, 5) is 15.6. The zero-order valence-corrected chi connectivity index (χ0v) is 12.5. The Morgan fingerprint density at radius 1 is 1.35 bits per heavy atom. The highest BCUT2D eigenvalue weighted by molar-refractivity contribution is 5.94. The van der Waals surface area contributed by atoms with Crippen molar-refractivity contribution >= 4 is 11.7 Å². The lowest BCUT2D eigenvalue weighted by atomic mass is 10.1. The topological polar surface area (TPSA) is 85.8 Å². The number of anilines is 1. The summed E-state index contributed by atoms with van der Waals surface area (Å²) in [5.74, 6) is -0.800. The van der Waals surface area contributed by atoms with Crippen LogP contribution in [-0.2, 0) is 11.0 Å². The lowest BCUT2D eigenvalue weighted by molar-refractivity contribution is -0.137. The Morgan fingerprint density at radius 2 is 2.04 bits per heavy atom. The number of nitrogens with two attached hydrogens (primary N) is 1. The van der Waals surface area contributed by atoms with Crippen LogP contribution in [0, 0.1) is 5.92 Å². The summed E-state index contributed by atoms with van der Waals surface area (Å²) in [6.07, 6.45) is -2.04. The number of hydrogen-bond donors (Lipinski definition) is 2. The molecule has 0 fully saturated rings. The van der Waals surface area contributed by atoms with Crippen molar-refractivity contribution in [2.45, 2.75) is 26.1 Å². The van der Waals surface area contributed by atoms with Gasteiger partial charge in [-0.3, -0.25) is 4.79 Å². The number of halogens is 3. The second-order valence-electron chi connectivity index (χ2n) is 5.28. The van der Waals surface area contributed by atoms with E-state index in [2.05, 4.69) is 15.4 Å². The van der Waals surface area contributed by atoms with Crippen molar-refractivity contribution in [3.8, 4) is 5.82 Å². The number of alkyl halides is 3. The van der Waals surface area contributed by atoms with Gasteiger partial charge in [0, 0.05) is 18.5 Å². The fourth-order valence-corrected chi connectivity index (χ4v) is 1.82. The first-order chi connectivity index (χ1) is 10.7. The first-order valence-corrected chi connectivity index (χ1v) is 6.85. The van der Waals surface area contributed by atoms with Gasteiger partial charge in [-0.15, -0.1) is 5.10 Å². The van der Waals surface area contributed by atoms with Crippen LogP contribution in [0.15, 0.2) is 30.6 Å². The molecule has 1 amide bonds. The van der Waals surface area contributed by atoms with E-state index in [1.807, 2.05) is 0 Å². The zero-order chi connectivity index (χ0) is 17.2. The number of aromatic nitrogens is 3. The van der Waals surface area contributed by atoms with Gasteiger partial charge in [-0.2, -0.15) is 13.2 Å². The molecule has 23 heavy (non-hydrogen) atoms. The molecule has 0 spiro atoms. The fraction of sp³-hybridized carbons (Fsp3) is 0.357. The van der Waals surface area contributed by atoms with Gasteiger partial charge in [0.25, 0.3) is 0 Å². The third kappa shape index (κ3) is 3.86. The molecule has 0 bridgehead atoms. The average molecular weight is 327 g/mol. The smallest absolute Gasteiger partial charge is 0.320 e. The van der Waals surface area contributed by atoms with Crippen LogP contribution in [0.5, 0.6) is 0 Å². The summed E-state index contributed by atoms with van der Waals surface area (Å²) < 4.78 is 39.9. The molecule has 2 heterocycles. The fourth-order valence-electron chi connectivity index (χ4n) is 1.82. The van der Waals surface area contributed by atoms with Crippen LogP contribution in [0.4, 0.5) is 19.0 Å². The molecule has 0 saturated heterocycles. The van der Waals surface area contributed by atoms with Crippen LogP contribution in [0.2, 0.25) is 0 Å². The predicted molar refractivity (Wildman–Crippen MR) is 77.8 cm³/mol. The van der Waals surface area contributed by atoms with Gasteiger partial charge in [0.05, 0.1) is 6.04 Å². The number of amides is 1. The molecule has 9 heteroatoms. The Morgan fingerprint density at radius 3 is 2.65 bits per heavy atom. The maximum absolute atomic E-state index is 13.0. The molecule has 3 N–H and O–H groups in total. The van der Waals surface area contributed by atoms with Crippen molar-refractivity contribution in [2.24, 2.45) is 11.7 Å². The SMILES string of the molecule is CC(C)[C@H](N)C(=O)Nc1ccn(-c2ncccc2C(F)(F)F)n1. The maximum Gasteiger partial charge on any atom is 0.420 e. The molecule has 0 aliphatic rings. The Bertz CT molecular complexity index is 696. The summed E-state index contributed by atoms with van der Waals surface area (Å²) in [6.45, 7) is 3.57. The van der Waals surface area contributed by atoms with Gasteiger partial charge in [-0.1, -0.05) is 13.8 Å². The molecular formula is C14H16F3N5O. The Kier molecular flexibility index (Phi) is 4.69. The summed E-state index contributed by atoms with van der Waals surface area (Å²) in [5.41, 5.74) is 4.78. The van der Waals surface area contributed by atoms with E-state index in [-0.39, 0.29) is 17.6 Å². The Hall–Kier alpha value is -2.42. The summed E-state index contributed by atoms with van der Waals surface area (Å²) >= 11 is 0. The molecule has 0 aliphatic carbocycles. The zero-order valence-electron chi connectivity index (χ0n) is 12.5. The highest BCUT2D eigenvalue weighted by atomic mass is 19.4. The van der Waals surface area contributed by atoms with Crippen LogP contribution in [-0.4, -0.2) is 26.7 Å². The van der Waals surface area contributed by atoms with Crippen LogP contribution < -0.4 is 11.1 Å². The molecule has 2 rings (SSSR count). The number of nitrogens with one attached hydrogen (secondary N) is 1. The van der Waals surface area contributed by atoms with Crippen molar-refractivity contribution in [3.05, 3.63) is 36.2 Å². The van der Waals surface area contributed by atoms with Gasteiger partial charge in [-0.25, -0.2) is 9.67 Å². The van der Waals surface area contributed by atoms with Crippen molar-refractivity contribution in [1.29, 1.82) is 0 Å². The van der Waals surface area contributed by atoms with Crippen molar-refractivity contribution in [1.82, 2.24) is 14.8 Å². The average Bonchev–Trinajstić information content (AvgIpc) is 2.93. The summed E-state index contributed by atoms with van der Waals surface area (Å²) in [6, 6.07) is 2.75. The molecule has 2 aromatic heterocycles. The van der Waals surface area contributed by atoms with Gasteiger partial charge >= 0.3 is 6.18 Å². The Balaban J connectivity index is 2.26. The molecule has 0 aliphatic heterocycles. The summed E-state index contributed by atoms with van der Waals surface area (Å²) in [5, 5.41) is 6.37. The maximum atomic E-state index is 13.0. The molecule has 124 valence electrons. The predicted octanol–water partition coefficient (Wildman–Crippen LogP) is 2.21. The minimum Gasteiger partial charge on any atom is -0.320 e. The van der Waals surface area contributed by atoms with E-state index in [4.69, 9.17) is 5.73 Å². The van der Waals surface area contributed by atoms with E-state index in [0.717, 1.165) is 10.7 Å². The molecular weight excluding hydrogens is 311 g/mol. The standard InChI is InChI=1S/C14H16F3N5O/c1-8(2)11(18)13(23)20-10-5-7-22(21-10)12-9(14(15,16)17)4-3-6-19-12/h3-8,11H,18H2,1-2H3,(H,20,21,23)/t11-/m0/s1. The molecule has 0 radical (unpaired) electrons. The van der Waals surface area contributed by atoms with Crippen LogP contribution in [0.1, 0.15) is 19.4 Å². The minimum atomic E-state index is -4.56. The van der Waals surface area contributed by atoms with Crippen LogP contribution in [0.25, 0.3) is 5.82 Å². The third-order valence-corrected chi connectivity index (χ3v) is 3.17. The molecule has 6 nitrogen and oxygen atoms in total. The number of nitrogens with zero attached hydrogens (tertiary/aromatic N) is 3. The number of carbonyl (C=O) groups is 1. The first kappa shape index (κ1) is 16.9. The van der Waals surface area contributed by atoms with Gasteiger partial charge in [0.15, 0.2) is 11.6 Å². The third-order valence-electron chi connectivity index (χ3n) is 3.17.